The van der Waals surface area contributed by atoms with Gasteiger partial charge in [0.05, 0.1) is 79.3 Å². The third kappa shape index (κ3) is 15.1. The van der Waals surface area contributed by atoms with Crippen LogP contribution in [0.5, 0.6) is 0 Å². The molecular formula is C36H46NO9P2Rb. The first kappa shape index (κ1) is 44.0. The van der Waals surface area contributed by atoms with Crippen molar-refractivity contribution < 1.29 is 102 Å². The molecule has 13 heteroatoms. The van der Waals surface area contributed by atoms with Gasteiger partial charge in [-0.1, -0.05) is 97.1 Å². The molecule has 0 amide bonds. The molecule has 0 aliphatic carbocycles. The maximum Gasteiger partial charge on any atom is 1.00 e. The molecule has 0 bridgehead atoms. The van der Waals surface area contributed by atoms with Gasteiger partial charge in [0.2, 0.25) is 7.29 Å². The van der Waals surface area contributed by atoms with Crippen molar-refractivity contribution in [2.24, 2.45) is 4.52 Å². The summed E-state index contributed by atoms with van der Waals surface area (Å²) in [4.78, 5) is 14.4. The first-order chi connectivity index (χ1) is 23.1. The quantitative estimate of drug-likeness (QED) is 0.264. The number of nitrogens with zero attached hydrogens (tertiary/aromatic N) is 1. The van der Waals surface area contributed by atoms with Crippen molar-refractivity contribution in [1.82, 2.24) is 0 Å². The summed E-state index contributed by atoms with van der Waals surface area (Å²) in [6.45, 7) is 7.04. The summed E-state index contributed by atoms with van der Waals surface area (Å²) in [5.41, 5.74) is 0. The van der Waals surface area contributed by atoms with Gasteiger partial charge in [-0.15, -0.1) is 0 Å². The van der Waals surface area contributed by atoms with E-state index in [2.05, 4.69) is 0 Å². The summed E-state index contributed by atoms with van der Waals surface area (Å²) in [5, 5.41) is 2.27. The average Bonchev–Trinajstić information content (AvgIpc) is 3.13. The van der Waals surface area contributed by atoms with Gasteiger partial charge in [0.25, 0.3) is 0 Å². The molecular weight excluding hydrogens is 738 g/mol. The Morgan fingerprint density at radius 3 is 0.837 bits per heavy atom. The minimum Gasteiger partial charge on any atom is -0.809 e. The van der Waals surface area contributed by atoms with Gasteiger partial charge < -0.3 is 38.8 Å². The fourth-order valence-electron chi connectivity index (χ4n) is 4.52. The van der Waals surface area contributed by atoms with Gasteiger partial charge in [-0.2, -0.15) is 0 Å². The van der Waals surface area contributed by atoms with Crippen molar-refractivity contribution >= 4 is 35.8 Å². The maximum atomic E-state index is 14.4. The zero-order valence-corrected chi connectivity index (χ0v) is 34.8. The van der Waals surface area contributed by atoms with Gasteiger partial charge in [-0.25, -0.2) is 4.52 Å². The molecule has 4 aromatic rings. The Morgan fingerprint density at radius 1 is 0.408 bits per heavy atom. The SMILES string of the molecule is C1COCCOCCOCCOCCOCCO1.O.O=P(N=P([O-])(c1ccccc1)c1ccccc1)(c1ccccc1)c1ccccc1.[Rb+]. The van der Waals surface area contributed by atoms with E-state index in [0.717, 1.165) is 0 Å². The molecule has 1 aliphatic rings. The van der Waals surface area contributed by atoms with Gasteiger partial charge in [0.1, 0.15) is 0 Å². The van der Waals surface area contributed by atoms with Gasteiger partial charge in [-0.05, 0) is 42.2 Å². The van der Waals surface area contributed by atoms with Gasteiger partial charge in [0, 0.05) is 10.6 Å². The monoisotopic (exact) mass is 783 g/mol. The second-order valence-electron chi connectivity index (χ2n) is 10.3. The van der Waals surface area contributed by atoms with Crippen LogP contribution in [0.15, 0.2) is 126 Å². The summed E-state index contributed by atoms with van der Waals surface area (Å²) >= 11 is 0. The molecule has 1 fully saturated rings. The molecule has 260 valence electrons. The van der Waals surface area contributed by atoms with E-state index in [1.54, 1.807) is 48.5 Å². The van der Waals surface area contributed by atoms with Crippen molar-refractivity contribution in [3.63, 3.8) is 0 Å². The largest absolute Gasteiger partial charge is 1.00 e. The summed E-state index contributed by atoms with van der Waals surface area (Å²) in [6.07, 6.45) is 0. The second kappa shape index (κ2) is 25.7. The molecule has 1 saturated heterocycles. The first-order valence-electron chi connectivity index (χ1n) is 15.8. The Balaban J connectivity index is 0.000000363. The summed E-state index contributed by atoms with van der Waals surface area (Å²) in [5.74, 6) is 0. The number of benzene rings is 4. The Morgan fingerprint density at radius 2 is 0.612 bits per heavy atom. The predicted octanol–water partition coefficient (Wildman–Crippen LogP) is 0.322. The van der Waals surface area contributed by atoms with E-state index in [-0.39, 0.29) is 63.7 Å². The van der Waals surface area contributed by atoms with Crippen LogP contribution in [0.25, 0.3) is 0 Å². The Bertz CT molecular complexity index is 1340. The van der Waals surface area contributed by atoms with Crippen LogP contribution < -0.4 is 84.3 Å². The van der Waals surface area contributed by atoms with E-state index < -0.39 is 14.6 Å². The van der Waals surface area contributed by atoms with Crippen molar-refractivity contribution in [1.29, 1.82) is 0 Å². The zero-order chi connectivity index (χ0) is 32.9. The van der Waals surface area contributed by atoms with E-state index in [4.69, 9.17) is 32.9 Å². The molecule has 0 saturated carbocycles. The van der Waals surface area contributed by atoms with Gasteiger partial charge >= 0.3 is 58.2 Å². The fourth-order valence-corrected chi connectivity index (χ4v) is 10.5. The summed E-state index contributed by atoms with van der Waals surface area (Å²) in [6, 6.07) is 36.4. The molecule has 2 N–H and O–H groups in total. The number of hydrogen-bond donors (Lipinski definition) is 0. The molecule has 10 nitrogen and oxygen atoms in total. The van der Waals surface area contributed by atoms with Crippen LogP contribution in [0.1, 0.15) is 0 Å². The fraction of sp³-hybridized carbons (Fsp3) is 0.333. The molecule has 0 aromatic heterocycles. The van der Waals surface area contributed by atoms with Crippen LogP contribution in [0, 0.1) is 0 Å². The van der Waals surface area contributed by atoms with E-state index >= 15 is 0 Å². The Labute approximate surface area is 339 Å². The minimum absolute atomic E-state index is 0. The molecule has 4 aromatic carbocycles. The van der Waals surface area contributed by atoms with Crippen molar-refractivity contribution in [2.75, 3.05) is 79.3 Å². The van der Waals surface area contributed by atoms with Crippen LogP contribution in [0.3, 0.4) is 0 Å². The number of ether oxygens (including phenoxy) is 6. The van der Waals surface area contributed by atoms with Crippen LogP contribution in [-0.2, 0) is 33.0 Å². The van der Waals surface area contributed by atoms with E-state index in [1.165, 1.54) is 0 Å². The Kier molecular flexibility index (Phi) is 23.1. The van der Waals surface area contributed by atoms with Crippen molar-refractivity contribution in [3.05, 3.63) is 121 Å². The molecule has 0 radical (unpaired) electrons. The van der Waals surface area contributed by atoms with Crippen molar-refractivity contribution in [2.45, 2.75) is 0 Å². The normalized spacial score (nSPS) is 15.8. The zero-order valence-electron chi connectivity index (χ0n) is 28.1. The molecule has 0 unspecified atom stereocenters. The van der Waals surface area contributed by atoms with Crippen LogP contribution in [-0.4, -0.2) is 84.8 Å². The average molecular weight is 784 g/mol. The maximum absolute atomic E-state index is 14.4. The predicted molar refractivity (Wildman–Crippen MR) is 190 cm³/mol. The Hall–Kier alpha value is -1.17. The summed E-state index contributed by atoms with van der Waals surface area (Å²) in [7, 11) is -7.03. The standard InChI is InChI=1S/C24H20NO2P2.C12H24O6.H2O.Rb/c26-28(21-13-5-1-6-14-21,22-15-7-2-8-16-22)25-29(27,23-17-9-3-10-18-23)24-19-11-4-12-20-24;1-2-14-5-6-16-9-10-18-12-11-17-8-7-15-4-3-13-1;;/h1-20H;1-12H2;1H2;/q-1;;;+1. The minimum atomic E-state index is -3.51. The molecule has 0 spiro atoms. The molecule has 0 atom stereocenters. The van der Waals surface area contributed by atoms with Crippen LogP contribution >= 0.6 is 14.6 Å². The van der Waals surface area contributed by atoms with E-state index in [9.17, 15) is 9.46 Å². The van der Waals surface area contributed by atoms with Crippen LogP contribution in [0.2, 0.25) is 0 Å². The summed E-state index contributed by atoms with van der Waals surface area (Å²) < 4.78 is 51.1. The second-order valence-corrected chi connectivity index (χ2v) is 15.3. The molecule has 49 heavy (non-hydrogen) atoms. The third-order valence-corrected chi connectivity index (χ3v) is 12.9. The molecule has 1 aliphatic heterocycles. The van der Waals surface area contributed by atoms with Gasteiger partial charge in [0.15, 0.2) is 0 Å². The third-order valence-electron chi connectivity index (χ3n) is 6.91. The van der Waals surface area contributed by atoms with Crippen LogP contribution in [0.4, 0.5) is 0 Å². The topological polar surface area (TPSA) is 139 Å². The molecule has 1 heterocycles. The smallest absolute Gasteiger partial charge is 0.809 e. The van der Waals surface area contributed by atoms with Gasteiger partial charge in [-0.3, -0.25) is 4.57 Å². The van der Waals surface area contributed by atoms with Crippen molar-refractivity contribution in [3.8, 4) is 0 Å². The molecule has 5 rings (SSSR count). The van der Waals surface area contributed by atoms with E-state index in [0.29, 0.717) is 101 Å². The van der Waals surface area contributed by atoms with E-state index in [1.807, 2.05) is 72.8 Å². The number of rotatable bonds is 5. The number of hydrogen-bond acceptors (Lipinski definition) is 8. The first-order valence-corrected chi connectivity index (χ1v) is 19.1.